The molecular weight excluding hydrogens is 264 g/mol. The van der Waals surface area contributed by atoms with Crippen molar-refractivity contribution >= 4 is 23.5 Å². The molecule has 7 heteroatoms. The van der Waals surface area contributed by atoms with Crippen LogP contribution >= 0.6 is 11.8 Å². The summed E-state index contributed by atoms with van der Waals surface area (Å²) < 4.78 is 0. The number of H-pyrrole nitrogens is 1. The average molecular weight is 276 g/mol. The first-order valence-electron chi connectivity index (χ1n) is 5.43. The monoisotopic (exact) mass is 276 g/mol. The van der Waals surface area contributed by atoms with Gasteiger partial charge in [-0.25, -0.2) is 4.98 Å². The predicted molar refractivity (Wildman–Crippen MR) is 73.8 cm³/mol. The van der Waals surface area contributed by atoms with Crippen LogP contribution in [0.3, 0.4) is 0 Å². The van der Waals surface area contributed by atoms with Gasteiger partial charge in [-0.1, -0.05) is 30.0 Å². The maximum atomic E-state index is 11.3. The first kappa shape index (κ1) is 13.2. The van der Waals surface area contributed by atoms with Gasteiger partial charge in [-0.05, 0) is 11.6 Å². The largest absolute Gasteiger partial charge is 0.383 e. The fourth-order valence-electron chi connectivity index (χ4n) is 1.55. The van der Waals surface area contributed by atoms with Gasteiger partial charge in [0.2, 0.25) is 5.91 Å². The van der Waals surface area contributed by atoms with Crippen LogP contribution in [0.5, 0.6) is 0 Å². The zero-order chi connectivity index (χ0) is 13.8. The predicted octanol–water partition coefficient (Wildman–Crippen LogP) is 0.743. The number of benzene rings is 1. The average Bonchev–Trinajstić information content (AvgIpc) is 2.35. The molecule has 0 fully saturated rings. The van der Waals surface area contributed by atoms with Crippen LogP contribution in [0.15, 0.2) is 40.3 Å². The number of aromatic amines is 1. The normalized spacial score (nSPS) is 10.3. The van der Waals surface area contributed by atoms with Gasteiger partial charge in [0.15, 0.2) is 5.16 Å². The van der Waals surface area contributed by atoms with Crippen molar-refractivity contribution < 1.29 is 4.79 Å². The van der Waals surface area contributed by atoms with E-state index in [4.69, 9.17) is 11.5 Å². The van der Waals surface area contributed by atoms with Crippen molar-refractivity contribution in [3.8, 4) is 0 Å². The third-order valence-corrected chi connectivity index (χ3v) is 3.31. The second-order valence-electron chi connectivity index (χ2n) is 3.79. The molecule has 6 nitrogen and oxygen atoms in total. The molecule has 5 N–H and O–H groups in total. The second kappa shape index (κ2) is 5.57. The number of primary amides is 1. The number of nitrogens with two attached hydrogens (primary N) is 2. The molecule has 1 amide bonds. The maximum absolute atomic E-state index is 11.3. The minimum Gasteiger partial charge on any atom is -0.383 e. The lowest BCUT2D eigenvalue weighted by Crippen LogP contribution is -2.13. The zero-order valence-electron chi connectivity index (χ0n) is 9.92. The van der Waals surface area contributed by atoms with E-state index in [0.29, 0.717) is 16.5 Å². The van der Waals surface area contributed by atoms with Gasteiger partial charge in [0.1, 0.15) is 5.82 Å². The highest BCUT2D eigenvalue weighted by Gasteiger charge is 2.08. The van der Waals surface area contributed by atoms with Gasteiger partial charge in [-0.15, -0.1) is 0 Å². The van der Waals surface area contributed by atoms with E-state index in [1.807, 2.05) is 6.07 Å². The fourth-order valence-corrected chi connectivity index (χ4v) is 2.44. The van der Waals surface area contributed by atoms with Crippen molar-refractivity contribution in [3.05, 3.63) is 51.8 Å². The summed E-state index contributed by atoms with van der Waals surface area (Å²) in [6.45, 7) is 0. The van der Waals surface area contributed by atoms with Crippen LogP contribution in [-0.2, 0) is 5.75 Å². The molecule has 0 atom stereocenters. The Labute approximate surface area is 113 Å². The Morgan fingerprint density at radius 2 is 2.11 bits per heavy atom. The second-order valence-corrected chi connectivity index (χ2v) is 4.75. The molecule has 0 aliphatic rings. The Balaban J connectivity index is 2.19. The Morgan fingerprint density at radius 3 is 2.79 bits per heavy atom. The molecule has 19 heavy (non-hydrogen) atoms. The number of thioether (sulfide) groups is 1. The van der Waals surface area contributed by atoms with Crippen molar-refractivity contribution in [1.29, 1.82) is 0 Å². The smallest absolute Gasteiger partial charge is 0.253 e. The molecular formula is C12H12N4O2S. The number of rotatable bonds is 4. The topological polar surface area (TPSA) is 115 Å². The molecule has 1 aromatic carbocycles. The quantitative estimate of drug-likeness (QED) is 0.563. The summed E-state index contributed by atoms with van der Waals surface area (Å²) in [5, 5.41) is 0.407. The summed E-state index contributed by atoms with van der Waals surface area (Å²) in [6.07, 6.45) is 0. The zero-order valence-corrected chi connectivity index (χ0v) is 10.7. The minimum atomic E-state index is -0.481. The highest BCUT2D eigenvalue weighted by molar-refractivity contribution is 7.98. The van der Waals surface area contributed by atoms with Gasteiger partial charge in [0, 0.05) is 17.4 Å². The Bertz CT molecular complexity index is 669. The van der Waals surface area contributed by atoms with E-state index < -0.39 is 5.91 Å². The molecule has 98 valence electrons. The van der Waals surface area contributed by atoms with Gasteiger partial charge in [0.05, 0.1) is 0 Å². The number of nitrogens with zero attached hydrogens (tertiary/aromatic N) is 1. The lowest BCUT2D eigenvalue weighted by atomic mass is 10.1. The third kappa shape index (κ3) is 3.35. The molecule has 0 spiro atoms. The number of aromatic nitrogens is 2. The van der Waals surface area contributed by atoms with E-state index in [-0.39, 0.29) is 11.4 Å². The molecule has 0 saturated heterocycles. The first-order chi connectivity index (χ1) is 9.06. The van der Waals surface area contributed by atoms with Crippen LogP contribution in [0.2, 0.25) is 0 Å². The fraction of sp³-hybridized carbons (Fsp3) is 0.0833. The summed E-state index contributed by atoms with van der Waals surface area (Å²) in [5.74, 6) is 0.144. The van der Waals surface area contributed by atoms with E-state index in [1.165, 1.54) is 17.8 Å². The van der Waals surface area contributed by atoms with Gasteiger partial charge >= 0.3 is 0 Å². The maximum Gasteiger partial charge on any atom is 0.253 e. The van der Waals surface area contributed by atoms with Gasteiger partial charge in [-0.2, -0.15) is 0 Å². The number of hydrogen-bond acceptors (Lipinski definition) is 5. The summed E-state index contributed by atoms with van der Waals surface area (Å²) in [7, 11) is 0. The summed E-state index contributed by atoms with van der Waals surface area (Å²) >= 11 is 1.28. The minimum absolute atomic E-state index is 0.162. The molecule has 0 bridgehead atoms. The molecule has 0 aliphatic carbocycles. The van der Waals surface area contributed by atoms with Crippen molar-refractivity contribution in [2.24, 2.45) is 5.73 Å². The van der Waals surface area contributed by atoms with Crippen LogP contribution in [0.1, 0.15) is 15.9 Å². The van der Waals surface area contributed by atoms with Crippen LogP contribution in [0.4, 0.5) is 5.82 Å². The van der Waals surface area contributed by atoms with Crippen molar-refractivity contribution in [2.75, 3.05) is 5.73 Å². The Morgan fingerprint density at radius 1 is 1.37 bits per heavy atom. The SMILES string of the molecule is NC(=O)c1ccccc1CSc1nc(N)cc(=O)[nH]1. The Hall–Kier alpha value is -2.28. The van der Waals surface area contributed by atoms with Gasteiger partial charge in [0.25, 0.3) is 5.56 Å². The number of nitrogen functional groups attached to an aromatic ring is 1. The third-order valence-electron chi connectivity index (χ3n) is 2.39. The summed E-state index contributed by atoms with van der Waals surface area (Å²) in [5.41, 5.74) is 11.7. The van der Waals surface area contributed by atoms with Gasteiger partial charge < -0.3 is 16.5 Å². The van der Waals surface area contributed by atoms with Crippen LogP contribution in [0.25, 0.3) is 0 Å². The number of carbonyl (C=O) groups is 1. The van der Waals surface area contributed by atoms with Crippen molar-refractivity contribution in [2.45, 2.75) is 10.9 Å². The van der Waals surface area contributed by atoms with E-state index in [1.54, 1.807) is 18.2 Å². The first-order valence-corrected chi connectivity index (χ1v) is 6.42. The van der Waals surface area contributed by atoms with Crippen molar-refractivity contribution in [3.63, 3.8) is 0 Å². The summed E-state index contributed by atoms with van der Waals surface area (Å²) in [6, 6.07) is 8.24. The highest BCUT2D eigenvalue weighted by Crippen LogP contribution is 2.21. The van der Waals surface area contributed by atoms with Crippen molar-refractivity contribution in [1.82, 2.24) is 9.97 Å². The molecule has 1 aromatic heterocycles. The number of hydrogen-bond donors (Lipinski definition) is 3. The number of nitrogens with one attached hydrogen (secondary N) is 1. The van der Waals surface area contributed by atoms with Crippen LogP contribution in [-0.4, -0.2) is 15.9 Å². The lowest BCUT2D eigenvalue weighted by Gasteiger charge is -2.05. The Kier molecular flexibility index (Phi) is 3.86. The number of amides is 1. The molecule has 0 unspecified atom stereocenters. The number of carbonyl (C=O) groups excluding carboxylic acids is 1. The molecule has 2 rings (SSSR count). The summed E-state index contributed by atoms with van der Waals surface area (Å²) in [4.78, 5) is 29.1. The van der Waals surface area contributed by atoms with Crippen LogP contribution < -0.4 is 17.0 Å². The van der Waals surface area contributed by atoms with E-state index in [9.17, 15) is 9.59 Å². The standard InChI is InChI=1S/C12H12N4O2S/c13-9-5-10(17)16-12(15-9)19-6-7-3-1-2-4-8(7)11(14)18/h1-5H,6H2,(H2,14,18)(H3,13,15,16,17). The molecule has 0 aliphatic heterocycles. The molecule has 1 heterocycles. The van der Waals surface area contributed by atoms with E-state index >= 15 is 0 Å². The number of anilines is 1. The lowest BCUT2D eigenvalue weighted by molar-refractivity contribution is 0.0999. The molecule has 0 radical (unpaired) electrons. The van der Waals surface area contributed by atoms with Crippen LogP contribution in [0, 0.1) is 0 Å². The molecule has 2 aromatic rings. The molecule has 0 saturated carbocycles. The highest BCUT2D eigenvalue weighted by atomic mass is 32.2. The van der Waals surface area contributed by atoms with E-state index in [2.05, 4.69) is 9.97 Å². The van der Waals surface area contributed by atoms with Gasteiger partial charge in [-0.3, -0.25) is 9.59 Å². The van der Waals surface area contributed by atoms with E-state index in [0.717, 1.165) is 5.56 Å².